The van der Waals surface area contributed by atoms with Crippen LogP contribution in [0, 0.1) is 0 Å². The minimum absolute atomic E-state index is 0.202. The summed E-state index contributed by atoms with van der Waals surface area (Å²) in [6, 6.07) is 7.73. The number of halogens is 1. The van der Waals surface area contributed by atoms with Crippen LogP contribution in [-0.2, 0) is 0 Å². The quantitative estimate of drug-likeness (QED) is 0.725. The molecule has 1 aromatic heterocycles. The molecule has 0 aliphatic heterocycles. The Kier molecular flexibility index (Phi) is 6.49. The van der Waals surface area contributed by atoms with Crippen LogP contribution in [0.15, 0.2) is 41.1 Å². The SMILES string of the molecule is CN(C)CCCNC(=O)c1cnc(Nc2ccc(Br)cc2)cn1. The standard InChI is InChI=1S/C16H20BrN5O/c1-22(2)9-3-8-18-16(23)14-10-20-15(11-19-14)21-13-6-4-12(17)5-7-13/h4-7,10-11H,3,8-9H2,1-2H3,(H,18,23)(H,20,21). The molecule has 122 valence electrons. The molecule has 0 aliphatic carbocycles. The maximum Gasteiger partial charge on any atom is 0.271 e. The number of amides is 1. The first-order chi connectivity index (χ1) is 11.0. The summed E-state index contributed by atoms with van der Waals surface area (Å²) in [7, 11) is 4.01. The van der Waals surface area contributed by atoms with Gasteiger partial charge in [0, 0.05) is 16.7 Å². The highest BCUT2D eigenvalue weighted by Crippen LogP contribution is 2.17. The number of anilines is 2. The van der Waals surface area contributed by atoms with E-state index in [2.05, 4.69) is 41.4 Å². The van der Waals surface area contributed by atoms with Crippen molar-refractivity contribution >= 4 is 33.3 Å². The summed E-state index contributed by atoms with van der Waals surface area (Å²) in [5.74, 6) is 0.392. The first-order valence-electron chi connectivity index (χ1n) is 7.32. The summed E-state index contributed by atoms with van der Waals surface area (Å²) < 4.78 is 1.01. The number of hydrogen-bond donors (Lipinski definition) is 2. The predicted octanol–water partition coefficient (Wildman–Crippen LogP) is 2.66. The van der Waals surface area contributed by atoms with Gasteiger partial charge in [-0.2, -0.15) is 0 Å². The van der Waals surface area contributed by atoms with Crippen molar-refractivity contribution < 1.29 is 4.79 Å². The van der Waals surface area contributed by atoms with E-state index in [-0.39, 0.29) is 5.91 Å². The van der Waals surface area contributed by atoms with Crippen molar-refractivity contribution in [3.8, 4) is 0 Å². The highest BCUT2D eigenvalue weighted by Gasteiger charge is 2.07. The third-order valence-corrected chi connectivity index (χ3v) is 3.60. The van der Waals surface area contributed by atoms with E-state index in [1.807, 2.05) is 38.4 Å². The maximum absolute atomic E-state index is 11.9. The van der Waals surface area contributed by atoms with Crippen LogP contribution in [0.5, 0.6) is 0 Å². The molecule has 6 nitrogen and oxygen atoms in total. The van der Waals surface area contributed by atoms with Gasteiger partial charge in [-0.1, -0.05) is 15.9 Å². The van der Waals surface area contributed by atoms with Crippen molar-refractivity contribution in [2.45, 2.75) is 6.42 Å². The van der Waals surface area contributed by atoms with Gasteiger partial charge in [-0.15, -0.1) is 0 Å². The van der Waals surface area contributed by atoms with Gasteiger partial charge in [0.2, 0.25) is 0 Å². The largest absolute Gasteiger partial charge is 0.351 e. The molecule has 0 bridgehead atoms. The van der Waals surface area contributed by atoms with Crippen molar-refractivity contribution in [2.24, 2.45) is 0 Å². The zero-order valence-electron chi connectivity index (χ0n) is 13.2. The third kappa shape index (κ3) is 5.96. The van der Waals surface area contributed by atoms with Crippen LogP contribution in [-0.4, -0.2) is 48.0 Å². The molecule has 0 saturated carbocycles. The minimum Gasteiger partial charge on any atom is -0.351 e. The van der Waals surface area contributed by atoms with Gasteiger partial charge < -0.3 is 15.5 Å². The van der Waals surface area contributed by atoms with Crippen LogP contribution in [0.4, 0.5) is 11.5 Å². The van der Waals surface area contributed by atoms with E-state index in [4.69, 9.17) is 0 Å². The van der Waals surface area contributed by atoms with E-state index < -0.39 is 0 Å². The Labute approximate surface area is 144 Å². The fraction of sp³-hybridized carbons (Fsp3) is 0.312. The molecular weight excluding hydrogens is 358 g/mol. The lowest BCUT2D eigenvalue weighted by molar-refractivity contribution is 0.0947. The lowest BCUT2D eigenvalue weighted by Crippen LogP contribution is -2.27. The Morgan fingerprint density at radius 1 is 1.17 bits per heavy atom. The van der Waals surface area contributed by atoms with Crippen molar-refractivity contribution in [2.75, 3.05) is 32.5 Å². The Bertz CT molecular complexity index is 628. The van der Waals surface area contributed by atoms with Gasteiger partial charge in [0.1, 0.15) is 11.5 Å². The van der Waals surface area contributed by atoms with Crippen molar-refractivity contribution in [1.82, 2.24) is 20.2 Å². The van der Waals surface area contributed by atoms with Gasteiger partial charge in [-0.25, -0.2) is 9.97 Å². The Morgan fingerprint density at radius 3 is 2.52 bits per heavy atom. The molecule has 1 amide bonds. The zero-order valence-corrected chi connectivity index (χ0v) is 14.8. The van der Waals surface area contributed by atoms with Gasteiger partial charge in [0.25, 0.3) is 5.91 Å². The van der Waals surface area contributed by atoms with Crippen molar-refractivity contribution in [1.29, 1.82) is 0 Å². The van der Waals surface area contributed by atoms with E-state index in [9.17, 15) is 4.79 Å². The van der Waals surface area contributed by atoms with Gasteiger partial charge in [-0.3, -0.25) is 4.79 Å². The van der Waals surface area contributed by atoms with E-state index in [0.29, 0.717) is 18.1 Å². The molecule has 2 N–H and O–H groups in total. The highest BCUT2D eigenvalue weighted by molar-refractivity contribution is 9.10. The summed E-state index contributed by atoms with van der Waals surface area (Å²) in [5.41, 5.74) is 1.22. The molecule has 0 atom stereocenters. The molecule has 2 rings (SSSR count). The normalized spacial score (nSPS) is 10.6. The molecule has 23 heavy (non-hydrogen) atoms. The van der Waals surface area contributed by atoms with Crippen LogP contribution in [0.3, 0.4) is 0 Å². The topological polar surface area (TPSA) is 70.2 Å². The molecule has 0 fully saturated rings. The Hall–Kier alpha value is -1.99. The summed E-state index contributed by atoms with van der Waals surface area (Å²) in [5, 5.41) is 5.97. The molecule has 2 aromatic rings. The lowest BCUT2D eigenvalue weighted by Gasteiger charge is -2.10. The van der Waals surface area contributed by atoms with E-state index in [1.165, 1.54) is 6.20 Å². The fourth-order valence-corrected chi connectivity index (χ4v) is 2.14. The van der Waals surface area contributed by atoms with E-state index in [0.717, 1.165) is 23.1 Å². The number of carbonyl (C=O) groups excluding carboxylic acids is 1. The third-order valence-electron chi connectivity index (χ3n) is 3.07. The molecule has 1 heterocycles. The van der Waals surface area contributed by atoms with Crippen molar-refractivity contribution in [3.63, 3.8) is 0 Å². The van der Waals surface area contributed by atoms with Gasteiger partial charge in [-0.05, 0) is 51.3 Å². The zero-order chi connectivity index (χ0) is 16.7. The van der Waals surface area contributed by atoms with Gasteiger partial charge in [0.05, 0.1) is 12.4 Å². The molecular formula is C16H20BrN5O. The molecule has 0 aliphatic rings. The number of aromatic nitrogens is 2. The first kappa shape index (κ1) is 17.4. The predicted molar refractivity (Wildman–Crippen MR) is 95.0 cm³/mol. The number of hydrogen-bond acceptors (Lipinski definition) is 5. The van der Waals surface area contributed by atoms with Crippen molar-refractivity contribution in [3.05, 3.63) is 46.8 Å². The monoisotopic (exact) mass is 377 g/mol. The average Bonchev–Trinajstić information content (AvgIpc) is 2.54. The van der Waals surface area contributed by atoms with E-state index in [1.54, 1.807) is 6.20 Å². The number of carbonyl (C=O) groups is 1. The number of benzene rings is 1. The van der Waals surface area contributed by atoms with Crippen LogP contribution >= 0.6 is 15.9 Å². The summed E-state index contributed by atoms with van der Waals surface area (Å²) >= 11 is 3.39. The van der Waals surface area contributed by atoms with Crippen LogP contribution in [0.1, 0.15) is 16.9 Å². The van der Waals surface area contributed by atoms with Crippen LogP contribution < -0.4 is 10.6 Å². The summed E-state index contributed by atoms with van der Waals surface area (Å²) in [4.78, 5) is 22.4. The average molecular weight is 378 g/mol. The maximum atomic E-state index is 11.9. The molecule has 0 radical (unpaired) electrons. The second-order valence-corrected chi connectivity index (χ2v) is 6.25. The Balaban J connectivity index is 1.86. The first-order valence-corrected chi connectivity index (χ1v) is 8.11. The van der Waals surface area contributed by atoms with E-state index >= 15 is 0 Å². The smallest absolute Gasteiger partial charge is 0.271 e. The van der Waals surface area contributed by atoms with Gasteiger partial charge in [0.15, 0.2) is 0 Å². The molecule has 1 aromatic carbocycles. The lowest BCUT2D eigenvalue weighted by atomic mass is 10.3. The molecule has 0 unspecified atom stereocenters. The number of rotatable bonds is 7. The summed E-state index contributed by atoms with van der Waals surface area (Å²) in [6.45, 7) is 1.56. The molecule has 0 saturated heterocycles. The second kappa shape index (κ2) is 8.59. The summed E-state index contributed by atoms with van der Waals surface area (Å²) in [6.07, 6.45) is 3.93. The van der Waals surface area contributed by atoms with Gasteiger partial charge >= 0.3 is 0 Å². The highest BCUT2D eigenvalue weighted by atomic mass is 79.9. The van der Waals surface area contributed by atoms with Crippen LogP contribution in [0.25, 0.3) is 0 Å². The molecule has 0 spiro atoms. The molecule has 7 heteroatoms. The van der Waals surface area contributed by atoms with Crippen LogP contribution in [0.2, 0.25) is 0 Å². The fourth-order valence-electron chi connectivity index (χ4n) is 1.88. The number of nitrogens with one attached hydrogen (secondary N) is 2. The Morgan fingerprint density at radius 2 is 1.91 bits per heavy atom. The number of nitrogens with zero attached hydrogens (tertiary/aromatic N) is 3. The second-order valence-electron chi connectivity index (χ2n) is 5.33. The minimum atomic E-state index is -0.202.